The van der Waals surface area contributed by atoms with Gasteiger partial charge in [0.1, 0.15) is 5.75 Å². The number of rotatable bonds is 7. The normalized spacial score (nSPS) is 12.6. The maximum Gasteiger partial charge on any atom is 0.122 e. The molecule has 1 rings (SSSR count). The molecule has 0 saturated carbocycles. The van der Waals surface area contributed by atoms with E-state index in [4.69, 9.17) is 4.74 Å². The van der Waals surface area contributed by atoms with Gasteiger partial charge in [0.25, 0.3) is 0 Å². The molecule has 0 fully saturated rings. The number of benzene rings is 1. The van der Waals surface area contributed by atoms with Crippen molar-refractivity contribution in [2.45, 2.75) is 40.0 Å². The quantitative estimate of drug-likeness (QED) is 0.792. The van der Waals surface area contributed by atoms with Crippen molar-refractivity contribution in [1.29, 1.82) is 0 Å². The molecule has 0 bridgehead atoms. The first-order valence-electron chi connectivity index (χ1n) is 7.06. The molecule has 0 radical (unpaired) electrons. The molecule has 0 aliphatic heterocycles. The Bertz CT molecular complexity index is 398. The summed E-state index contributed by atoms with van der Waals surface area (Å²) in [6.07, 6.45) is 0.982. The molecule has 1 aromatic rings. The summed E-state index contributed by atoms with van der Waals surface area (Å²) in [4.78, 5) is 0. The van der Waals surface area contributed by atoms with Gasteiger partial charge >= 0.3 is 0 Å². The topological polar surface area (TPSA) is 41.5 Å². The summed E-state index contributed by atoms with van der Waals surface area (Å²) in [5.74, 6) is 1.69. The summed E-state index contributed by atoms with van der Waals surface area (Å²) in [6.45, 7) is 9.55. The van der Waals surface area contributed by atoms with Crippen LogP contribution in [-0.2, 0) is 0 Å². The van der Waals surface area contributed by atoms with Gasteiger partial charge in [-0.1, -0.05) is 20.8 Å². The lowest BCUT2D eigenvalue weighted by molar-refractivity contribution is 0.230. The summed E-state index contributed by atoms with van der Waals surface area (Å²) >= 11 is 0. The highest BCUT2D eigenvalue weighted by atomic mass is 16.5. The third kappa shape index (κ3) is 4.13. The van der Waals surface area contributed by atoms with Gasteiger partial charge in [-0.2, -0.15) is 0 Å². The van der Waals surface area contributed by atoms with E-state index >= 15 is 0 Å². The van der Waals surface area contributed by atoms with Gasteiger partial charge in [0.2, 0.25) is 0 Å². The molecule has 0 amide bonds. The molecule has 1 atom stereocenters. The molecule has 0 aliphatic carbocycles. The second-order valence-electron chi connectivity index (χ2n) is 5.40. The molecule has 3 heteroatoms. The highest BCUT2D eigenvalue weighted by Gasteiger charge is 2.12. The van der Waals surface area contributed by atoms with Gasteiger partial charge in [-0.25, -0.2) is 0 Å². The molecule has 1 unspecified atom stereocenters. The lowest BCUT2D eigenvalue weighted by Crippen LogP contribution is -2.17. The van der Waals surface area contributed by atoms with Crippen LogP contribution in [0.2, 0.25) is 0 Å². The summed E-state index contributed by atoms with van der Waals surface area (Å²) in [6, 6.07) is 4.25. The first-order valence-corrected chi connectivity index (χ1v) is 7.06. The molecule has 0 aromatic heterocycles. The fourth-order valence-electron chi connectivity index (χ4n) is 2.11. The molecule has 1 aromatic carbocycles. The molecule has 108 valence electrons. The molecule has 0 spiro atoms. The lowest BCUT2D eigenvalue weighted by atomic mass is 9.98. The second-order valence-corrected chi connectivity index (χ2v) is 5.40. The van der Waals surface area contributed by atoms with Crippen molar-refractivity contribution in [2.24, 2.45) is 5.92 Å². The molecule has 19 heavy (non-hydrogen) atoms. The molecule has 3 nitrogen and oxygen atoms in total. The number of ether oxygens (including phenoxy) is 1. The van der Waals surface area contributed by atoms with Crippen molar-refractivity contribution >= 4 is 5.69 Å². The Kier molecular flexibility index (Phi) is 6.16. The SMILES string of the molecule is CCC(CO)CNc1cc(C(C)C)c(OC)cc1C. The Balaban J connectivity index is 2.92. The van der Waals surface area contributed by atoms with Crippen LogP contribution in [0, 0.1) is 12.8 Å². The van der Waals surface area contributed by atoms with E-state index in [1.807, 2.05) is 0 Å². The number of aliphatic hydroxyl groups is 1. The smallest absolute Gasteiger partial charge is 0.122 e. The number of hydrogen-bond donors (Lipinski definition) is 2. The van der Waals surface area contributed by atoms with E-state index in [1.165, 1.54) is 11.1 Å². The fraction of sp³-hybridized carbons (Fsp3) is 0.625. The third-order valence-electron chi connectivity index (χ3n) is 3.62. The predicted octanol–water partition coefficient (Wildman–Crippen LogP) is 3.56. The minimum atomic E-state index is 0.232. The van der Waals surface area contributed by atoms with E-state index in [1.54, 1.807) is 7.11 Å². The number of nitrogens with one attached hydrogen (secondary N) is 1. The Labute approximate surface area is 117 Å². The maximum atomic E-state index is 9.24. The van der Waals surface area contributed by atoms with Crippen LogP contribution >= 0.6 is 0 Å². The van der Waals surface area contributed by atoms with Gasteiger partial charge in [-0.05, 0) is 48.4 Å². The van der Waals surface area contributed by atoms with Gasteiger partial charge in [-0.3, -0.25) is 0 Å². The zero-order chi connectivity index (χ0) is 14.4. The van der Waals surface area contributed by atoms with E-state index in [9.17, 15) is 5.11 Å². The molecule has 2 N–H and O–H groups in total. The second kappa shape index (κ2) is 7.39. The molecule has 0 saturated heterocycles. The Morgan fingerprint density at radius 2 is 2.00 bits per heavy atom. The van der Waals surface area contributed by atoms with Crippen molar-refractivity contribution in [2.75, 3.05) is 25.6 Å². The molecular formula is C16H27NO2. The Morgan fingerprint density at radius 1 is 1.32 bits per heavy atom. The number of aryl methyl sites for hydroxylation is 1. The van der Waals surface area contributed by atoms with Crippen LogP contribution in [0.3, 0.4) is 0 Å². The van der Waals surface area contributed by atoms with E-state index in [0.717, 1.165) is 24.4 Å². The zero-order valence-corrected chi connectivity index (χ0v) is 12.8. The lowest BCUT2D eigenvalue weighted by Gasteiger charge is -2.19. The van der Waals surface area contributed by atoms with E-state index in [-0.39, 0.29) is 6.61 Å². The van der Waals surface area contributed by atoms with Crippen LogP contribution in [0.1, 0.15) is 44.2 Å². The fourth-order valence-corrected chi connectivity index (χ4v) is 2.11. The minimum Gasteiger partial charge on any atom is -0.496 e. The van der Waals surface area contributed by atoms with Crippen LogP contribution in [0.15, 0.2) is 12.1 Å². The van der Waals surface area contributed by atoms with E-state index < -0.39 is 0 Å². The summed E-state index contributed by atoms with van der Waals surface area (Å²) in [5.41, 5.74) is 3.53. The molecular weight excluding hydrogens is 238 g/mol. The van der Waals surface area contributed by atoms with Crippen molar-refractivity contribution in [3.05, 3.63) is 23.3 Å². The largest absolute Gasteiger partial charge is 0.496 e. The van der Waals surface area contributed by atoms with Gasteiger partial charge in [-0.15, -0.1) is 0 Å². The highest BCUT2D eigenvalue weighted by Crippen LogP contribution is 2.32. The zero-order valence-electron chi connectivity index (χ0n) is 12.8. The molecule has 0 heterocycles. The number of aliphatic hydroxyl groups excluding tert-OH is 1. The van der Waals surface area contributed by atoms with Crippen molar-refractivity contribution < 1.29 is 9.84 Å². The van der Waals surface area contributed by atoms with Crippen molar-refractivity contribution in [3.63, 3.8) is 0 Å². The van der Waals surface area contributed by atoms with E-state index in [0.29, 0.717) is 11.8 Å². The summed E-state index contributed by atoms with van der Waals surface area (Å²) < 4.78 is 5.44. The number of methoxy groups -OCH3 is 1. The van der Waals surface area contributed by atoms with Crippen molar-refractivity contribution in [3.8, 4) is 5.75 Å². The van der Waals surface area contributed by atoms with Gasteiger partial charge in [0.05, 0.1) is 7.11 Å². The van der Waals surface area contributed by atoms with Gasteiger partial charge in [0.15, 0.2) is 0 Å². The first kappa shape index (κ1) is 15.8. The van der Waals surface area contributed by atoms with E-state index in [2.05, 4.69) is 45.1 Å². The van der Waals surface area contributed by atoms with Crippen LogP contribution in [-0.4, -0.2) is 25.4 Å². The van der Waals surface area contributed by atoms with Gasteiger partial charge in [0, 0.05) is 18.8 Å². The van der Waals surface area contributed by atoms with Gasteiger partial charge < -0.3 is 15.2 Å². The maximum absolute atomic E-state index is 9.24. The summed E-state index contributed by atoms with van der Waals surface area (Å²) in [5, 5.41) is 12.7. The average Bonchev–Trinajstić information content (AvgIpc) is 2.40. The summed E-state index contributed by atoms with van der Waals surface area (Å²) in [7, 11) is 1.71. The number of hydrogen-bond acceptors (Lipinski definition) is 3. The predicted molar refractivity (Wildman–Crippen MR) is 81.2 cm³/mol. The first-order chi connectivity index (χ1) is 9.03. The average molecular weight is 265 g/mol. The minimum absolute atomic E-state index is 0.232. The van der Waals surface area contributed by atoms with Crippen LogP contribution in [0.4, 0.5) is 5.69 Å². The standard InChI is InChI=1S/C16H27NO2/c1-6-13(10-18)9-17-15-8-14(11(2)3)16(19-5)7-12(15)4/h7-8,11,13,17-18H,6,9-10H2,1-5H3. The Morgan fingerprint density at radius 3 is 2.47 bits per heavy atom. The monoisotopic (exact) mass is 265 g/mol. The Hall–Kier alpha value is -1.22. The molecule has 0 aliphatic rings. The number of anilines is 1. The van der Waals surface area contributed by atoms with Crippen molar-refractivity contribution in [1.82, 2.24) is 0 Å². The highest BCUT2D eigenvalue weighted by molar-refractivity contribution is 5.58. The van der Waals surface area contributed by atoms with Crippen LogP contribution in [0.5, 0.6) is 5.75 Å². The van der Waals surface area contributed by atoms with Crippen LogP contribution in [0.25, 0.3) is 0 Å². The third-order valence-corrected chi connectivity index (χ3v) is 3.62. The van der Waals surface area contributed by atoms with Crippen LogP contribution < -0.4 is 10.1 Å².